The Labute approximate surface area is 122 Å². The van der Waals surface area contributed by atoms with Gasteiger partial charge >= 0.3 is 0 Å². The molecule has 0 unspecified atom stereocenters. The van der Waals surface area contributed by atoms with Gasteiger partial charge in [0.1, 0.15) is 0 Å². The third-order valence-electron chi connectivity index (χ3n) is 3.10. The van der Waals surface area contributed by atoms with E-state index in [9.17, 15) is 8.42 Å². The number of hydrogen-bond acceptors (Lipinski definition) is 4. The Morgan fingerprint density at radius 1 is 1.47 bits per heavy atom. The molecule has 0 fully saturated rings. The highest BCUT2D eigenvalue weighted by Crippen LogP contribution is 2.26. The molecule has 0 saturated heterocycles. The fourth-order valence-corrected chi connectivity index (χ4v) is 4.96. The molecule has 0 bridgehead atoms. The second-order valence-electron chi connectivity index (χ2n) is 4.60. The first kappa shape index (κ1) is 15.0. The quantitative estimate of drug-likeness (QED) is 0.847. The molecule has 0 saturated carbocycles. The van der Waals surface area contributed by atoms with E-state index in [-0.39, 0.29) is 8.68 Å². The normalized spacial score (nSPS) is 16.4. The number of allylic oxidation sites excluding steroid dienone is 1. The average Bonchev–Trinajstić information content (AvgIpc) is 2.70. The largest absolute Gasteiger partial charge is 0.251 e. The maximum absolute atomic E-state index is 12.1. The van der Waals surface area contributed by atoms with Gasteiger partial charge < -0.3 is 0 Å². The van der Waals surface area contributed by atoms with Crippen molar-refractivity contribution in [1.82, 2.24) is 9.71 Å². The molecule has 1 aromatic heterocycles. The van der Waals surface area contributed by atoms with Gasteiger partial charge in [0.05, 0.1) is 5.69 Å². The molecule has 0 aliphatic heterocycles. The fourth-order valence-electron chi connectivity index (χ4n) is 2.14. The van der Waals surface area contributed by atoms with Crippen molar-refractivity contribution in [2.75, 3.05) is 6.54 Å². The van der Waals surface area contributed by atoms with Crippen molar-refractivity contribution in [1.29, 1.82) is 0 Å². The van der Waals surface area contributed by atoms with Crippen LogP contribution in [0.15, 0.2) is 15.9 Å². The molecule has 1 heterocycles. The van der Waals surface area contributed by atoms with Crippen LogP contribution in [0.5, 0.6) is 0 Å². The van der Waals surface area contributed by atoms with Crippen LogP contribution >= 0.6 is 22.9 Å². The molecule has 1 N–H and O–H groups in total. The van der Waals surface area contributed by atoms with Gasteiger partial charge in [0.2, 0.25) is 0 Å². The summed E-state index contributed by atoms with van der Waals surface area (Å²) in [6.45, 7) is 2.09. The van der Waals surface area contributed by atoms with Crippen molar-refractivity contribution in [3.63, 3.8) is 0 Å². The van der Waals surface area contributed by atoms with Crippen LogP contribution in [0.4, 0.5) is 0 Å². The Kier molecular flexibility index (Phi) is 5.00. The molecule has 4 nitrogen and oxygen atoms in total. The van der Waals surface area contributed by atoms with Crippen molar-refractivity contribution in [3.05, 3.63) is 21.8 Å². The fraction of sp³-hybridized carbons (Fsp3) is 0.583. The standard InChI is InChI=1S/C12H17ClN2O2S2/c1-9-11(18-12(13)15-9)19(16,17)14-8-7-10-5-3-2-4-6-10/h5,14H,2-4,6-8H2,1H3. The first-order valence-corrected chi connectivity index (χ1v) is 8.97. The summed E-state index contributed by atoms with van der Waals surface area (Å²) in [5.74, 6) is 0. The first-order valence-electron chi connectivity index (χ1n) is 6.29. The lowest BCUT2D eigenvalue weighted by Gasteiger charge is -2.12. The predicted octanol–water partition coefficient (Wildman–Crippen LogP) is 3.27. The molecule has 2 rings (SSSR count). The smallest absolute Gasteiger partial charge is 0.229 e. The lowest BCUT2D eigenvalue weighted by atomic mass is 9.97. The van der Waals surface area contributed by atoms with Gasteiger partial charge in [-0.15, -0.1) is 0 Å². The van der Waals surface area contributed by atoms with Gasteiger partial charge in [-0.25, -0.2) is 18.1 Å². The van der Waals surface area contributed by atoms with E-state index in [1.54, 1.807) is 6.92 Å². The van der Waals surface area contributed by atoms with E-state index in [4.69, 9.17) is 11.6 Å². The minimum absolute atomic E-state index is 0.218. The van der Waals surface area contributed by atoms with E-state index >= 15 is 0 Å². The highest BCUT2D eigenvalue weighted by molar-refractivity contribution is 7.91. The summed E-state index contributed by atoms with van der Waals surface area (Å²) in [5.41, 5.74) is 1.81. The third kappa shape index (κ3) is 4.02. The number of rotatable bonds is 5. The van der Waals surface area contributed by atoms with Crippen LogP contribution < -0.4 is 4.72 Å². The molecule has 7 heteroatoms. The monoisotopic (exact) mass is 320 g/mol. The SMILES string of the molecule is Cc1nc(Cl)sc1S(=O)(=O)NCCC1=CCCCC1. The number of hydrogen-bond donors (Lipinski definition) is 1. The van der Waals surface area contributed by atoms with Crippen LogP contribution in [0.3, 0.4) is 0 Å². The molecule has 1 aromatic rings. The number of thiazole rings is 1. The van der Waals surface area contributed by atoms with Gasteiger partial charge in [-0.2, -0.15) is 0 Å². The maximum atomic E-state index is 12.1. The number of aryl methyl sites for hydroxylation is 1. The minimum Gasteiger partial charge on any atom is -0.229 e. The van der Waals surface area contributed by atoms with Crippen LogP contribution in [0.2, 0.25) is 4.47 Å². The molecular formula is C12H17ClN2O2S2. The number of nitrogens with one attached hydrogen (secondary N) is 1. The lowest BCUT2D eigenvalue weighted by molar-refractivity contribution is 0.581. The van der Waals surface area contributed by atoms with Gasteiger partial charge in [0, 0.05) is 6.54 Å². The van der Waals surface area contributed by atoms with Crippen molar-refractivity contribution in [2.45, 2.75) is 43.2 Å². The van der Waals surface area contributed by atoms with Gasteiger partial charge in [-0.1, -0.05) is 34.6 Å². The van der Waals surface area contributed by atoms with Crippen molar-refractivity contribution >= 4 is 33.0 Å². The molecule has 0 atom stereocenters. The Hall–Kier alpha value is -0.430. The second-order valence-corrected chi connectivity index (χ2v) is 8.14. The van der Waals surface area contributed by atoms with Crippen molar-refractivity contribution < 1.29 is 8.42 Å². The van der Waals surface area contributed by atoms with Gasteiger partial charge in [0.25, 0.3) is 10.0 Å². The zero-order valence-corrected chi connectivity index (χ0v) is 13.2. The highest BCUT2D eigenvalue weighted by Gasteiger charge is 2.21. The summed E-state index contributed by atoms with van der Waals surface area (Å²) in [5, 5.41) is 0. The number of aromatic nitrogens is 1. The van der Waals surface area contributed by atoms with E-state index in [1.165, 1.54) is 18.4 Å². The molecule has 0 aromatic carbocycles. The van der Waals surface area contributed by atoms with Crippen LogP contribution in [0.25, 0.3) is 0 Å². The van der Waals surface area contributed by atoms with Crippen LogP contribution in [0, 0.1) is 6.92 Å². The molecule has 0 amide bonds. The van der Waals surface area contributed by atoms with Gasteiger partial charge in [0.15, 0.2) is 8.68 Å². The maximum Gasteiger partial charge on any atom is 0.251 e. The lowest BCUT2D eigenvalue weighted by Crippen LogP contribution is -2.25. The Balaban J connectivity index is 1.94. The summed E-state index contributed by atoms with van der Waals surface area (Å²) in [4.78, 5) is 3.93. The van der Waals surface area contributed by atoms with Gasteiger partial charge in [-0.05, 0) is 39.0 Å². The molecule has 106 valence electrons. The summed E-state index contributed by atoms with van der Waals surface area (Å²) in [6, 6.07) is 0. The highest BCUT2D eigenvalue weighted by atomic mass is 35.5. The topological polar surface area (TPSA) is 59.1 Å². The second kappa shape index (κ2) is 6.35. The summed E-state index contributed by atoms with van der Waals surface area (Å²) >= 11 is 6.73. The molecule has 1 aliphatic rings. The van der Waals surface area contributed by atoms with Crippen molar-refractivity contribution in [2.24, 2.45) is 0 Å². The van der Waals surface area contributed by atoms with Crippen molar-refractivity contribution in [3.8, 4) is 0 Å². The van der Waals surface area contributed by atoms with E-state index in [0.717, 1.165) is 30.6 Å². The average molecular weight is 321 g/mol. The minimum atomic E-state index is -3.48. The molecule has 0 radical (unpaired) electrons. The number of sulfonamides is 1. The molecule has 19 heavy (non-hydrogen) atoms. The Morgan fingerprint density at radius 2 is 2.26 bits per heavy atom. The van der Waals surface area contributed by atoms with E-state index in [2.05, 4.69) is 15.8 Å². The van der Waals surface area contributed by atoms with E-state index in [1.807, 2.05) is 0 Å². The molecular weight excluding hydrogens is 304 g/mol. The van der Waals surface area contributed by atoms with E-state index in [0.29, 0.717) is 12.2 Å². The molecule has 0 spiro atoms. The van der Waals surface area contributed by atoms with Crippen LogP contribution in [-0.4, -0.2) is 19.9 Å². The first-order chi connectivity index (χ1) is 8.99. The number of nitrogens with zero attached hydrogens (tertiary/aromatic N) is 1. The summed E-state index contributed by atoms with van der Waals surface area (Å²) < 4.78 is 27.3. The van der Waals surface area contributed by atoms with E-state index < -0.39 is 10.0 Å². The van der Waals surface area contributed by atoms with Crippen LogP contribution in [0.1, 0.15) is 37.8 Å². The van der Waals surface area contributed by atoms with Gasteiger partial charge in [-0.3, -0.25) is 0 Å². The summed E-state index contributed by atoms with van der Waals surface area (Å²) in [7, 11) is -3.48. The summed E-state index contributed by atoms with van der Waals surface area (Å²) in [6.07, 6.45) is 7.67. The van der Waals surface area contributed by atoms with Crippen LogP contribution in [-0.2, 0) is 10.0 Å². The Bertz CT molecular complexity index is 579. The third-order valence-corrected chi connectivity index (χ3v) is 6.43. The zero-order chi connectivity index (χ0) is 13.9. The number of halogens is 1. The zero-order valence-electron chi connectivity index (χ0n) is 10.8. The molecule has 1 aliphatic carbocycles. The predicted molar refractivity (Wildman–Crippen MR) is 78.2 cm³/mol. The Morgan fingerprint density at radius 3 is 2.84 bits per heavy atom.